The van der Waals surface area contributed by atoms with E-state index < -0.39 is 40.6 Å². The molecule has 1 aliphatic carbocycles. The van der Waals surface area contributed by atoms with Crippen molar-refractivity contribution in [2.45, 2.75) is 70.3 Å². The number of unbranched alkanes of at least 4 members (excludes halogenated alkanes) is 2. The quantitative estimate of drug-likeness (QED) is 0.216. The Bertz CT molecular complexity index is 890. The molecule has 0 radical (unpaired) electrons. The molecule has 0 unspecified atom stereocenters. The molecule has 32 heavy (non-hydrogen) atoms. The van der Waals surface area contributed by atoms with E-state index in [1.54, 1.807) is 12.1 Å². The zero-order chi connectivity index (χ0) is 23.3. The van der Waals surface area contributed by atoms with Crippen LogP contribution in [0.4, 0.5) is 22.0 Å². The molecule has 0 spiro atoms. The van der Waals surface area contributed by atoms with Gasteiger partial charge >= 0.3 is 6.11 Å². The molecule has 0 N–H and O–H groups in total. The van der Waals surface area contributed by atoms with Gasteiger partial charge in [-0.3, -0.25) is 0 Å². The Balaban J connectivity index is 1.66. The fraction of sp³-hybridized carbons (Fsp3) is 0.520. The molecule has 176 valence electrons. The molecule has 0 aliphatic heterocycles. The van der Waals surface area contributed by atoms with E-state index in [2.05, 4.69) is 16.4 Å². The number of ether oxygens (including phenoxy) is 2. The predicted octanol–water partition coefficient (Wildman–Crippen LogP) is 8.09. The van der Waals surface area contributed by atoms with Crippen molar-refractivity contribution in [3.05, 3.63) is 58.9 Å². The topological polar surface area (TPSA) is 18.5 Å². The van der Waals surface area contributed by atoms with Gasteiger partial charge in [-0.25, -0.2) is 4.39 Å². The summed E-state index contributed by atoms with van der Waals surface area (Å²) in [5, 5.41) is 0. The molecule has 0 heterocycles. The van der Waals surface area contributed by atoms with Gasteiger partial charge in [0.05, 0.1) is 12.7 Å². The van der Waals surface area contributed by atoms with Gasteiger partial charge in [-0.05, 0) is 55.2 Å². The lowest BCUT2D eigenvalue weighted by atomic mass is 9.77. The van der Waals surface area contributed by atoms with Crippen molar-refractivity contribution in [2.24, 2.45) is 5.92 Å². The van der Waals surface area contributed by atoms with Crippen LogP contribution in [0.2, 0.25) is 0 Å². The van der Waals surface area contributed by atoms with Crippen molar-refractivity contribution in [2.75, 3.05) is 7.11 Å². The minimum absolute atomic E-state index is 0.322. The highest BCUT2D eigenvalue weighted by Crippen LogP contribution is 2.40. The first kappa shape index (κ1) is 24.3. The lowest BCUT2D eigenvalue weighted by Crippen LogP contribution is -2.23. The highest BCUT2D eigenvalue weighted by molar-refractivity contribution is 5.37. The van der Waals surface area contributed by atoms with Crippen molar-refractivity contribution in [1.82, 2.24) is 0 Å². The highest BCUT2D eigenvalue weighted by Gasteiger charge is 2.37. The maximum atomic E-state index is 14.6. The molecule has 7 heteroatoms. The summed E-state index contributed by atoms with van der Waals surface area (Å²) in [6, 6.07) is 6.03. The van der Waals surface area contributed by atoms with Crippen LogP contribution in [0.15, 0.2) is 30.3 Å². The first-order valence-corrected chi connectivity index (χ1v) is 11.2. The van der Waals surface area contributed by atoms with Gasteiger partial charge in [0.2, 0.25) is 11.6 Å². The van der Waals surface area contributed by atoms with Crippen LogP contribution in [0.5, 0.6) is 11.5 Å². The number of rotatable bonds is 9. The monoisotopic (exact) mass is 456 g/mol. The van der Waals surface area contributed by atoms with Gasteiger partial charge in [0.15, 0.2) is 17.3 Å². The summed E-state index contributed by atoms with van der Waals surface area (Å²) in [5.74, 6) is -5.95. The molecule has 0 aromatic heterocycles. The van der Waals surface area contributed by atoms with E-state index in [9.17, 15) is 22.0 Å². The minimum Gasteiger partial charge on any atom is -0.491 e. The average molecular weight is 456 g/mol. The van der Waals surface area contributed by atoms with Gasteiger partial charge < -0.3 is 9.47 Å². The summed E-state index contributed by atoms with van der Waals surface area (Å²) >= 11 is 0. The number of hydrogen-bond donors (Lipinski definition) is 0. The van der Waals surface area contributed by atoms with Crippen LogP contribution in [0.1, 0.15) is 75.3 Å². The maximum Gasteiger partial charge on any atom is 0.426 e. The molecule has 2 nitrogen and oxygen atoms in total. The number of alkyl halides is 2. The smallest absolute Gasteiger partial charge is 0.426 e. The van der Waals surface area contributed by atoms with Gasteiger partial charge in [-0.1, -0.05) is 44.7 Å². The van der Waals surface area contributed by atoms with Crippen molar-refractivity contribution in [3.63, 3.8) is 0 Å². The third-order valence-electron chi connectivity index (χ3n) is 6.31. The van der Waals surface area contributed by atoms with E-state index in [0.29, 0.717) is 12.0 Å². The van der Waals surface area contributed by atoms with E-state index >= 15 is 0 Å². The predicted molar refractivity (Wildman–Crippen MR) is 113 cm³/mol. The maximum absolute atomic E-state index is 14.6. The van der Waals surface area contributed by atoms with E-state index in [1.165, 1.54) is 37.8 Å². The molecule has 1 aliphatic rings. The summed E-state index contributed by atoms with van der Waals surface area (Å²) in [5.41, 5.74) is 0.454. The van der Waals surface area contributed by atoms with Gasteiger partial charge in [0.25, 0.3) is 0 Å². The van der Waals surface area contributed by atoms with Crippen LogP contribution < -0.4 is 9.47 Å². The summed E-state index contributed by atoms with van der Waals surface area (Å²) in [6.07, 6.45) is 5.36. The second-order valence-corrected chi connectivity index (χ2v) is 8.47. The molecular weight excluding hydrogens is 427 g/mol. The number of halogens is 5. The van der Waals surface area contributed by atoms with Crippen LogP contribution >= 0.6 is 0 Å². The molecule has 0 bridgehead atoms. The Kier molecular flexibility index (Phi) is 8.01. The van der Waals surface area contributed by atoms with E-state index in [1.807, 2.05) is 0 Å². The zero-order valence-electron chi connectivity index (χ0n) is 18.4. The van der Waals surface area contributed by atoms with Crippen LogP contribution in [-0.4, -0.2) is 7.11 Å². The van der Waals surface area contributed by atoms with Gasteiger partial charge in [-0.2, -0.15) is 17.6 Å². The molecule has 0 amide bonds. The van der Waals surface area contributed by atoms with E-state index in [-0.39, 0.29) is 0 Å². The standard InChI is InChI=1S/C25H29F5O2/c1-3-4-5-6-16-7-9-17(10-8-16)18-11-13-19(14-12-18)25(29,30)32-21-15-20(26)24(31-2)23(28)22(21)27/h11-17H,3-10H2,1-2H3. The van der Waals surface area contributed by atoms with Gasteiger partial charge in [-0.15, -0.1) is 0 Å². The molecule has 2 aromatic carbocycles. The van der Waals surface area contributed by atoms with Crippen molar-refractivity contribution < 1.29 is 31.4 Å². The molecule has 2 aromatic rings. The lowest BCUT2D eigenvalue weighted by Gasteiger charge is -2.29. The van der Waals surface area contributed by atoms with Crippen LogP contribution in [0.25, 0.3) is 0 Å². The van der Waals surface area contributed by atoms with E-state index in [4.69, 9.17) is 0 Å². The molecule has 1 saturated carbocycles. The summed E-state index contributed by atoms with van der Waals surface area (Å²) in [7, 11) is 0.941. The van der Waals surface area contributed by atoms with Crippen LogP contribution in [-0.2, 0) is 6.11 Å². The first-order chi connectivity index (χ1) is 15.3. The number of benzene rings is 2. The Hall–Kier alpha value is -2.31. The van der Waals surface area contributed by atoms with Crippen molar-refractivity contribution >= 4 is 0 Å². The molecule has 3 rings (SSSR count). The largest absolute Gasteiger partial charge is 0.491 e. The van der Waals surface area contributed by atoms with Crippen LogP contribution in [0.3, 0.4) is 0 Å². The van der Waals surface area contributed by atoms with Crippen molar-refractivity contribution in [3.8, 4) is 11.5 Å². The lowest BCUT2D eigenvalue weighted by molar-refractivity contribution is -0.187. The average Bonchev–Trinajstić information content (AvgIpc) is 2.78. The summed E-state index contributed by atoms with van der Waals surface area (Å²) < 4.78 is 79.6. The number of methoxy groups -OCH3 is 1. The number of hydrogen-bond acceptors (Lipinski definition) is 2. The van der Waals surface area contributed by atoms with Gasteiger partial charge in [0, 0.05) is 6.07 Å². The molecule has 0 saturated heterocycles. The van der Waals surface area contributed by atoms with Crippen LogP contribution in [0, 0.1) is 23.4 Å². The summed E-state index contributed by atoms with van der Waals surface area (Å²) in [6.45, 7) is 2.19. The fourth-order valence-electron chi connectivity index (χ4n) is 4.43. The Morgan fingerprint density at radius 1 is 0.938 bits per heavy atom. The normalized spacial score (nSPS) is 19.1. The Morgan fingerprint density at radius 3 is 2.19 bits per heavy atom. The van der Waals surface area contributed by atoms with Crippen molar-refractivity contribution in [1.29, 1.82) is 0 Å². The first-order valence-electron chi connectivity index (χ1n) is 11.2. The third-order valence-corrected chi connectivity index (χ3v) is 6.31. The Morgan fingerprint density at radius 2 is 1.59 bits per heavy atom. The fourth-order valence-corrected chi connectivity index (χ4v) is 4.43. The zero-order valence-corrected chi connectivity index (χ0v) is 18.4. The second-order valence-electron chi connectivity index (χ2n) is 8.47. The highest BCUT2D eigenvalue weighted by atomic mass is 19.3. The minimum atomic E-state index is -3.97. The summed E-state index contributed by atoms with van der Waals surface area (Å²) in [4.78, 5) is 0. The van der Waals surface area contributed by atoms with E-state index in [0.717, 1.165) is 44.3 Å². The Labute approximate surface area is 185 Å². The molecular formula is C25H29F5O2. The second kappa shape index (κ2) is 10.5. The molecule has 1 fully saturated rings. The van der Waals surface area contributed by atoms with Gasteiger partial charge in [0.1, 0.15) is 0 Å². The third kappa shape index (κ3) is 5.54. The SMILES string of the molecule is CCCCCC1CCC(c2ccc(C(F)(F)Oc3cc(F)c(OC)c(F)c3F)cc2)CC1. The molecule has 0 atom stereocenters.